The maximum Gasteiger partial charge on any atom is 0.338 e. The molecule has 0 fully saturated rings. The van der Waals surface area contributed by atoms with Gasteiger partial charge in [-0.3, -0.25) is 0 Å². The van der Waals surface area contributed by atoms with Crippen LogP contribution < -0.4 is 0 Å². The lowest BCUT2D eigenvalue weighted by Crippen LogP contribution is -2.17. The summed E-state index contributed by atoms with van der Waals surface area (Å²) in [6.07, 6.45) is 0.304. The number of ether oxygens (including phenoxy) is 1. The molecule has 7 heteroatoms. The Hall–Kier alpha value is -1.14. The monoisotopic (exact) mass is 336 g/mol. The average molecular weight is 337 g/mol. The first kappa shape index (κ1) is 17.9. The number of hydrogen-bond acceptors (Lipinski definition) is 4. The standard InChI is InChI=1S/C14H18ClFO4S/c1-8(2)5-9(3)20-14(17)11-6-12(16)10(4)13(7-11)21(15,18)19/h6-9H,5H2,1-4H3. The fourth-order valence-electron chi connectivity index (χ4n) is 1.99. The molecule has 1 unspecified atom stereocenters. The quantitative estimate of drug-likeness (QED) is 0.608. The predicted octanol–water partition coefficient (Wildman–Crippen LogP) is 3.65. The van der Waals surface area contributed by atoms with E-state index < -0.39 is 25.7 Å². The summed E-state index contributed by atoms with van der Waals surface area (Å²) in [5, 5.41) is 0. The van der Waals surface area contributed by atoms with Crippen LogP contribution in [-0.2, 0) is 13.8 Å². The molecule has 0 N–H and O–H groups in total. The van der Waals surface area contributed by atoms with E-state index in [1.165, 1.54) is 6.92 Å². The molecule has 0 radical (unpaired) electrons. The summed E-state index contributed by atoms with van der Waals surface area (Å²) >= 11 is 0. The second kappa shape index (κ2) is 6.75. The van der Waals surface area contributed by atoms with Gasteiger partial charge in [-0.1, -0.05) is 13.8 Å². The normalized spacial score (nSPS) is 13.3. The summed E-state index contributed by atoms with van der Waals surface area (Å²) in [5.41, 5.74) is -0.301. The van der Waals surface area contributed by atoms with Crippen LogP contribution in [0.5, 0.6) is 0 Å². The molecule has 0 saturated carbocycles. The van der Waals surface area contributed by atoms with Crippen LogP contribution >= 0.6 is 10.7 Å². The summed E-state index contributed by atoms with van der Waals surface area (Å²) < 4.78 is 41.7. The Balaban J connectivity index is 3.09. The van der Waals surface area contributed by atoms with E-state index in [2.05, 4.69) is 0 Å². The molecule has 0 amide bonds. The molecule has 0 bridgehead atoms. The molecule has 4 nitrogen and oxygen atoms in total. The van der Waals surface area contributed by atoms with Gasteiger partial charge in [-0.15, -0.1) is 0 Å². The average Bonchev–Trinajstić information content (AvgIpc) is 2.29. The Labute approximate surface area is 128 Å². The van der Waals surface area contributed by atoms with Crippen molar-refractivity contribution in [3.63, 3.8) is 0 Å². The number of esters is 1. The van der Waals surface area contributed by atoms with Gasteiger partial charge in [0.15, 0.2) is 0 Å². The highest BCUT2D eigenvalue weighted by Crippen LogP contribution is 2.24. The van der Waals surface area contributed by atoms with Crippen molar-refractivity contribution in [2.75, 3.05) is 0 Å². The Kier molecular flexibility index (Phi) is 5.75. The zero-order chi connectivity index (χ0) is 16.4. The van der Waals surface area contributed by atoms with Gasteiger partial charge >= 0.3 is 5.97 Å². The fourth-order valence-corrected chi connectivity index (χ4v) is 3.20. The van der Waals surface area contributed by atoms with Crippen molar-refractivity contribution in [3.05, 3.63) is 29.1 Å². The molecule has 0 aliphatic rings. The van der Waals surface area contributed by atoms with Crippen LogP contribution in [0.15, 0.2) is 17.0 Å². The summed E-state index contributed by atoms with van der Waals surface area (Å²) in [7, 11) is 1.11. The third kappa shape index (κ3) is 4.97. The maximum absolute atomic E-state index is 13.7. The molecule has 21 heavy (non-hydrogen) atoms. The van der Waals surface area contributed by atoms with Crippen molar-refractivity contribution in [2.24, 2.45) is 5.92 Å². The van der Waals surface area contributed by atoms with E-state index in [0.29, 0.717) is 12.3 Å². The number of carbonyl (C=O) groups excluding carboxylic acids is 1. The molecule has 1 aromatic carbocycles. The van der Waals surface area contributed by atoms with Gasteiger partial charge in [-0.05, 0) is 38.3 Å². The second-order valence-electron chi connectivity index (χ2n) is 5.36. The van der Waals surface area contributed by atoms with Crippen LogP contribution in [0, 0.1) is 18.7 Å². The molecule has 0 aromatic heterocycles. The predicted molar refractivity (Wildman–Crippen MR) is 78.5 cm³/mol. The van der Waals surface area contributed by atoms with Gasteiger partial charge in [0.05, 0.1) is 16.6 Å². The summed E-state index contributed by atoms with van der Waals surface area (Å²) in [6, 6.07) is 1.98. The van der Waals surface area contributed by atoms with Crippen LogP contribution in [0.3, 0.4) is 0 Å². The highest BCUT2D eigenvalue weighted by molar-refractivity contribution is 8.13. The van der Waals surface area contributed by atoms with E-state index in [-0.39, 0.29) is 17.2 Å². The number of benzene rings is 1. The van der Waals surface area contributed by atoms with Gasteiger partial charge in [0.1, 0.15) is 5.82 Å². The van der Waals surface area contributed by atoms with Crippen molar-refractivity contribution < 1.29 is 22.3 Å². The van der Waals surface area contributed by atoms with E-state index in [0.717, 1.165) is 12.1 Å². The first-order valence-corrected chi connectivity index (χ1v) is 8.79. The van der Waals surface area contributed by atoms with E-state index in [1.54, 1.807) is 6.92 Å². The first-order valence-electron chi connectivity index (χ1n) is 6.48. The van der Waals surface area contributed by atoms with E-state index >= 15 is 0 Å². The third-order valence-electron chi connectivity index (χ3n) is 2.91. The lowest BCUT2D eigenvalue weighted by molar-refractivity contribution is 0.0299. The minimum absolute atomic E-state index is 0.128. The molecule has 1 atom stereocenters. The fraction of sp³-hybridized carbons (Fsp3) is 0.500. The lowest BCUT2D eigenvalue weighted by atomic mass is 10.1. The SMILES string of the molecule is Cc1c(F)cc(C(=O)OC(C)CC(C)C)cc1S(=O)(=O)Cl. The summed E-state index contributed by atoms with van der Waals surface area (Å²) in [5.74, 6) is -1.26. The van der Waals surface area contributed by atoms with Gasteiger partial charge in [-0.2, -0.15) is 0 Å². The van der Waals surface area contributed by atoms with E-state index in [4.69, 9.17) is 15.4 Å². The van der Waals surface area contributed by atoms with E-state index in [9.17, 15) is 17.6 Å². The van der Waals surface area contributed by atoms with Crippen molar-refractivity contribution in [1.82, 2.24) is 0 Å². The Morgan fingerprint density at radius 3 is 2.38 bits per heavy atom. The zero-order valence-electron chi connectivity index (χ0n) is 12.3. The van der Waals surface area contributed by atoms with Crippen LogP contribution in [0.4, 0.5) is 4.39 Å². The van der Waals surface area contributed by atoms with Gasteiger partial charge in [0, 0.05) is 16.2 Å². The highest BCUT2D eigenvalue weighted by Gasteiger charge is 2.22. The minimum atomic E-state index is -4.14. The van der Waals surface area contributed by atoms with Crippen molar-refractivity contribution in [2.45, 2.75) is 45.1 Å². The molecule has 1 rings (SSSR count). The lowest BCUT2D eigenvalue weighted by Gasteiger charge is -2.15. The van der Waals surface area contributed by atoms with Crippen LogP contribution in [-0.4, -0.2) is 20.5 Å². The molecule has 0 aliphatic carbocycles. The molecule has 118 valence electrons. The van der Waals surface area contributed by atoms with E-state index in [1.807, 2.05) is 13.8 Å². The maximum atomic E-state index is 13.7. The van der Waals surface area contributed by atoms with Crippen molar-refractivity contribution >= 4 is 25.7 Å². The minimum Gasteiger partial charge on any atom is -0.459 e. The number of halogens is 2. The van der Waals surface area contributed by atoms with Gasteiger partial charge in [0.2, 0.25) is 0 Å². The third-order valence-corrected chi connectivity index (χ3v) is 4.35. The molecule has 0 saturated heterocycles. The number of rotatable bonds is 5. The summed E-state index contributed by atoms with van der Waals surface area (Å²) in [4.78, 5) is 11.5. The largest absolute Gasteiger partial charge is 0.459 e. The first-order chi connectivity index (χ1) is 9.52. The molecular weight excluding hydrogens is 319 g/mol. The molecule has 0 aliphatic heterocycles. The van der Waals surface area contributed by atoms with Crippen LogP contribution in [0.2, 0.25) is 0 Å². The zero-order valence-corrected chi connectivity index (χ0v) is 13.9. The molecule has 1 aromatic rings. The molecule has 0 spiro atoms. The Morgan fingerprint density at radius 1 is 1.33 bits per heavy atom. The van der Waals surface area contributed by atoms with Gasteiger partial charge < -0.3 is 4.74 Å². The summed E-state index contributed by atoms with van der Waals surface area (Å²) in [6.45, 7) is 6.96. The Bertz CT molecular complexity index is 641. The van der Waals surface area contributed by atoms with Crippen molar-refractivity contribution in [1.29, 1.82) is 0 Å². The topological polar surface area (TPSA) is 60.4 Å². The smallest absolute Gasteiger partial charge is 0.338 e. The van der Waals surface area contributed by atoms with Gasteiger partial charge in [0.25, 0.3) is 9.05 Å². The van der Waals surface area contributed by atoms with Gasteiger partial charge in [-0.25, -0.2) is 17.6 Å². The Morgan fingerprint density at radius 2 is 1.90 bits per heavy atom. The molecular formula is C14H18ClFO4S. The highest BCUT2D eigenvalue weighted by atomic mass is 35.7. The van der Waals surface area contributed by atoms with Crippen molar-refractivity contribution in [3.8, 4) is 0 Å². The number of carbonyl (C=O) groups is 1. The second-order valence-corrected chi connectivity index (χ2v) is 7.90. The van der Waals surface area contributed by atoms with Crippen LogP contribution in [0.1, 0.15) is 43.1 Å². The van der Waals surface area contributed by atoms with Crippen LogP contribution in [0.25, 0.3) is 0 Å². The number of hydrogen-bond donors (Lipinski definition) is 0. The molecule has 0 heterocycles.